The third-order valence-electron chi connectivity index (χ3n) is 4.18. The van der Waals surface area contributed by atoms with Crippen molar-refractivity contribution in [3.05, 3.63) is 33.2 Å². The maximum absolute atomic E-state index is 12.5. The van der Waals surface area contributed by atoms with Crippen molar-refractivity contribution < 1.29 is 10.0 Å². The Morgan fingerprint density at radius 1 is 1.29 bits per heavy atom. The number of rotatable bonds is 4. The fourth-order valence-corrected chi connectivity index (χ4v) is 3.01. The van der Waals surface area contributed by atoms with Gasteiger partial charge in [0, 0.05) is 12.2 Å². The Labute approximate surface area is 124 Å². The quantitative estimate of drug-likeness (QED) is 0.661. The molecule has 0 radical (unpaired) electrons. The highest BCUT2D eigenvalue weighted by Gasteiger charge is 2.19. The van der Waals surface area contributed by atoms with Crippen LogP contribution in [0.4, 0.5) is 0 Å². The van der Waals surface area contributed by atoms with Crippen LogP contribution in [0.5, 0.6) is 0 Å². The van der Waals surface area contributed by atoms with E-state index in [0.717, 1.165) is 49.8 Å². The first-order chi connectivity index (χ1) is 10.2. The molecule has 0 unspecified atom stereocenters. The van der Waals surface area contributed by atoms with Gasteiger partial charge in [0.25, 0.3) is 11.5 Å². The Morgan fingerprint density at radius 2 is 2.00 bits per heavy atom. The number of pyridine rings is 1. The van der Waals surface area contributed by atoms with Crippen molar-refractivity contribution in [1.82, 2.24) is 10.0 Å². The van der Waals surface area contributed by atoms with E-state index in [1.54, 1.807) is 16.1 Å². The van der Waals surface area contributed by atoms with Crippen LogP contribution in [0.25, 0.3) is 0 Å². The molecule has 21 heavy (non-hydrogen) atoms. The first kappa shape index (κ1) is 15.8. The molecule has 2 rings (SSSR count). The number of hydrogen-bond acceptors (Lipinski definition) is 3. The van der Waals surface area contributed by atoms with Crippen molar-refractivity contribution in [2.24, 2.45) is 0 Å². The third kappa shape index (κ3) is 3.53. The summed E-state index contributed by atoms with van der Waals surface area (Å²) in [6, 6.07) is 1.68. The van der Waals surface area contributed by atoms with Crippen LogP contribution < -0.4 is 11.0 Å². The van der Waals surface area contributed by atoms with Crippen molar-refractivity contribution >= 4 is 5.91 Å². The Bertz CT molecular complexity index is 563. The number of nitrogens with zero attached hydrogens (tertiary/aromatic N) is 1. The zero-order valence-corrected chi connectivity index (χ0v) is 12.7. The number of carbonyl (C=O) groups excluding carboxylic acids is 1. The molecule has 0 spiro atoms. The summed E-state index contributed by atoms with van der Waals surface area (Å²) in [5, 5.41) is 8.84. The number of unbranched alkanes of at least 4 members (excludes halogenated alkanes) is 1. The molecule has 0 saturated heterocycles. The predicted octanol–water partition coefficient (Wildman–Crippen LogP) is 2.43. The van der Waals surface area contributed by atoms with Crippen molar-refractivity contribution in [1.29, 1.82) is 0 Å². The highest BCUT2D eigenvalue weighted by atomic mass is 16.5. The highest BCUT2D eigenvalue weighted by molar-refractivity contribution is 5.93. The fourth-order valence-electron chi connectivity index (χ4n) is 3.01. The van der Waals surface area contributed by atoms with Gasteiger partial charge in [-0.15, -0.1) is 0 Å². The molecule has 0 bridgehead atoms. The van der Waals surface area contributed by atoms with Crippen molar-refractivity contribution in [2.75, 3.05) is 0 Å². The first-order valence-corrected chi connectivity index (χ1v) is 7.89. The normalized spacial score (nSPS) is 15.0. The van der Waals surface area contributed by atoms with Gasteiger partial charge < -0.3 is 4.57 Å². The zero-order chi connectivity index (χ0) is 15.2. The van der Waals surface area contributed by atoms with E-state index in [1.807, 2.05) is 0 Å². The van der Waals surface area contributed by atoms with Gasteiger partial charge in [0.1, 0.15) is 5.56 Å². The van der Waals surface area contributed by atoms with Crippen molar-refractivity contribution in [3.8, 4) is 0 Å². The van der Waals surface area contributed by atoms with Gasteiger partial charge in [-0.25, -0.2) is 5.48 Å². The molecule has 5 nitrogen and oxygen atoms in total. The minimum atomic E-state index is -0.713. The second-order valence-corrected chi connectivity index (χ2v) is 5.70. The second kappa shape index (κ2) is 7.41. The van der Waals surface area contributed by atoms with Crippen LogP contribution >= 0.6 is 0 Å². The minimum Gasteiger partial charge on any atom is -0.312 e. The van der Waals surface area contributed by atoms with Crippen LogP contribution in [-0.2, 0) is 19.4 Å². The lowest BCUT2D eigenvalue weighted by molar-refractivity contribution is 0.0703. The summed E-state index contributed by atoms with van der Waals surface area (Å²) in [5.41, 5.74) is 3.53. The molecular weight excluding hydrogens is 268 g/mol. The lowest BCUT2D eigenvalue weighted by Gasteiger charge is -2.20. The molecule has 1 aromatic rings. The molecule has 0 saturated carbocycles. The van der Waals surface area contributed by atoms with Gasteiger partial charge in [-0.05, 0) is 43.7 Å². The van der Waals surface area contributed by atoms with E-state index in [1.165, 1.54) is 12.8 Å². The van der Waals surface area contributed by atoms with E-state index >= 15 is 0 Å². The summed E-state index contributed by atoms with van der Waals surface area (Å²) >= 11 is 0. The van der Waals surface area contributed by atoms with Gasteiger partial charge in [0.05, 0.1) is 0 Å². The molecule has 2 N–H and O–H groups in total. The fraction of sp³-hybridized carbons (Fsp3) is 0.625. The highest BCUT2D eigenvalue weighted by Crippen LogP contribution is 2.20. The molecule has 1 amide bonds. The minimum absolute atomic E-state index is 0.0490. The van der Waals surface area contributed by atoms with E-state index in [0.29, 0.717) is 6.54 Å². The molecule has 1 aliphatic rings. The second-order valence-electron chi connectivity index (χ2n) is 5.70. The zero-order valence-electron chi connectivity index (χ0n) is 12.7. The topological polar surface area (TPSA) is 71.3 Å². The van der Waals surface area contributed by atoms with Gasteiger partial charge in [-0.3, -0.25) is 14.8 Å². The SMILES string of the molecule is CCCCn1c2c(cc(C(=O)NO)c1=O)CCCCCC2. The number of aromatic nitrogens is 1. The van der Waals surface area contributed by atoms with Gasteiger partial charge >= 0.3 is 0 Å². The van der Waals surface area contributed by atoms with Crippen LogP contribution in [-0.4, -0.2) is 15.7 Å². The Hall–Kier alpha value is -1.62. The van der Waals surface area contributed by atoms with Crippen LogP contribution in [0.3, 0.4) is 0 Å². The van der Waals surface area contributed by atoms with Crippen molar-refractivity contribution in [2.45, 2.75) is 64.8 Å². The number of fused-ring (bicyclic) bond motifs is 1. The summed E-state index contributed by atoms with van der Waals surface area (Å²) in [4.78, 5) is 24.3. The number of carbonyl (C=O) groups is 1. The van der Waals surface area contributed by atoms with Gasteiger partial charge in [0.2, 0.25) is 0 Å². The van der Waals surface area contributed by atoms with Crippen LogP contribution in [0.1, 0.15) is 67.1 Å². The molecule has 1 heterocycles. The number of hydroxylamine groups is 1. The van der Waals surface area contributed by atoms with E-state index in [4.69, 9.17) is 5.21 Å². The number of amides is 1. The summed E-state index contributed by atoms with van der Waals surface area (Å²) in [6.45, 7) is 2.73. The molecule has 5 heteroatoms. The lowest BCUT2D eigenvalue weighted by atomic mass is 9.95. The molecular formula is C16H24N2O3. The predicted molar refractivity (Wildman–Crippen MR) is 80.7 cm³/mol. The third-order valence-corrected chi connectivity index (χ3v) is 4.18. The number of aryl methyl sites for hydroxylation is 1. The largest absolute Gasteiger partial charge is 0.312 e. The van der Waals surface area contributed by atoms with Gasteiger partial charge in [-0.1, -0.05) is 26.2 Å². The summed E-state index contributed by atoms with van der Waals surface area (Å²) in [6.07, 6.45) is 8.26. The molecule has 0 aliphatic heterocycles. The number of nitrogens with one attached hydrogen (secondary N) is 1. The summed E-state index contributed by atoms with van der Waals surface area (Å²) in [7, 11) is 0. The van der Waals surface area contributed by atoms with E-state index in [-0.39, 0.29) is 11.1 Å². The standard InChI is InChI=1S/C16H24N2O3/c1-2-3-10-18-14-9-7-5-4-6-8-12(14)11-13(16(18)20)15(19)17-21/h11,21H,2-10H2,1H3,(H,17,19). The van der Waals surface area contributed by atoms with E-state index in [9.17, 15) is 9.59 Å². The summed E-state index contributed by atoms with van der Waals surface area (Å²) in [5.74, 6) is -0.713. The number of hydrogen-bond donors (Lipinski definition) is 2. The van der Waals surface area contributed by atoms with Crippen LogP contribution in [0.15, 0.2) is 10.9 Å². The monoisotopic (exact) mass is 292 g/mol. The van der Waals surface area contributed by atoms with Gasteiger partial charge in [-0.2, -0.15) is 0 Å². The molecule has 0 fully saturated rings. The van der Waals surface area contributed by atoms with Crippen LogP contribution in [0, 0.1) is 0 Å². The average Bonchev–Trinajstić information content (AvgIpc) is 2.47. The average molecular weight is 292 g/mol. The Morgan fingerprint density at radius 3 is 2.67 bits per heavy atom. The summed E-state index contributed by atoms with van der Waals surface area (Å²) < 4.78 is 1.76. The van der Waals surface area contributed by atoms with Gasteiger partial charge in [0.15, 0.2) is 0 Å². The molecule has 1 aliphatic carbocycles. The molecule has 0 atom stereocenters. The van der Waals surface area contributed by atoms with Crippen LogP contribution in [0.2, 0.25) is 0 Å². The molecule has 0 aromatic carbocycles. The van der Waals surface area contributed by atoms with Crippen molar-refractivity contribution in [3.63, 3.8) is 0 Å². The lowest BCUT2D eigenvalue weighted by Crippen LogP contribution is -2.34. The Balaban J connectivity index is 2.54. The molecule has 1 aromatic heterocycles. The smallest absolute Gasteiger partial charge is 0.280 e. The maximum Gasteiger partial charge on any atom is 0.280 e. The maximum atomic E-state index is 12.5. The molecule has 116 valence electrons. The van der Waals surface area contributed by atoms with E-state index < -0.39 is 5.91 Å². The Kier molecular flexibility index (Phi) is 5.56. The van der Waals surface area contributed by atoms with E-state index in [2.05, 4.69) is 6.92 Å². The first-order valence-electron chi connectivity index (χ1n) is 7.89.